The van der Waals surface area contributed by atoms with E-state index in [9.17, 15) is 28.1 Å². The van der Waals surface area contributed by atoms with Crippen LogP contribution in [0.25, 0.3) is 17.0 Å². The third-order valence-corrected chi connectivity index (χ3v) is 12.7. The van der Waals surface area contributed by atoms with Crippen LogP contribution < -0.4 is 10.0 Å². The summed E-state index contributed by atoms with van der Waals surface area (Å²) in [6, 6.07) is 17.7. The molecule has 0 saturated heterocycles. The van der Waals surface area contributed by atoms with Gasteiger partial charge in [-0.25, -0.2) is 13.4 Å². The van der Waals surface area contributed by atoms with E-state index in [0.29, 0.717) is 29.3 Å². The Balaban J connectivity index is 1.28. The van der Waals surface area contributed by atoms with Crippen LogP contribution in [0.15, 0.2) is 86.3 Å². The van der Waals surface area contributed by atoms with Crippen molar-refractivity contribution in [2.45, 2.75) is 106 Å². The molecule has 0 saturated carbocycles. The lowest BCUT2D eigenvalue weighted by atomic mass is 9.92. The summed E-state index contributed by atoms with van der Waals surface area (Å²) in [7, 11) is -4.22. The fraction of sp³-hybridized carbons (Fsp3) is 0.415. The predicted molar refractivity (Wildman–Crippen MR) is 229 cm³/mol. The van der Waals surface area contributed by atoms with E-state index < -0.39 is 32.0 Å². The third-order valence-electron chi connectivity index (χ3n) is 9.22. The number of hydrogen-bond donors (Lipinski definition) is 3. The Bertz CT molecular complexity index is 2360. The van der Waals surface area contributed by atoms with Crippen LogP contribution in [0.2, 0.25) is 0 Å². The molecule has 5 aromatic rings. The second-order valence-electron chi connectivity index (χ2n) is 16.0. The Labute approximate surface area is 347 Å². The van der Waals surface area contributed by atoms with E-state index in [1.165, 1.54) is 23.9 Å². The number of amides is 1. The number of esters is 1. The van der Waals surface area contributed by atoms with E-state index in [-0.39, 0.29) is 38.5 Å². The van der Waals surface area contributed by atoms with Crippen molar-refractivity contribution in [3.63, 3.8) is 0 Å². The number of fused-ring (bicyclic) bond motifs is 1. The van der Waals surface area contributed by atoms with Gasteiger partial charge in [0.25, 0.3) is 15.7 Å². The Hall–Kier alpha value is -4.87. The summed E-state index contributed by atoms with van der Waals surface area (Å²) < 4.78 is 36.3. The highest BCUT2D eigenvalue weighted by Gasteiger charge is 2.27. The van der Waals surface area contributed by atoms with Crippen LogP contribution in [-0.2, 0) is 29.8 Å². The summed E-state index contributed by atoms with van der Waals surface area (Å²) in [6.45, 7) is 16.3. The maximum absolute atomic E-state index is 13.4. The van der Waals surface area contributed by atoms with Crippen molar-refractivity contribution in [1.82, 2.24) is 19.8 Å². The number of carbonyl (C=O) groups excluding carboxylic acids is 2. The number of H-pyrrole nitrogens is 1. The number of nitrogens with one attached hydrogen (secondary N) is 3. The van der Waals surface area contributed by atoms with E-state index >= 15 is 0 Å². The SMILES string of the molecule is CCCCC(CC)COC(=O)CSc1ccc(S(=O)(=O)Nc2ccc(-c3nc4c(Sc5ccc(NC(=O)C(C)(C)C)cc5)c(C(C)(C)C)[nH]n4n3)cc2)cc1[N+](=O)[O-]. The minimum absolute atomic E-state index is 0.0709. The normalized spacial score (nSPS) is 12.7. The molecule has 0 aliphatic heterocycles. The van der Waals surface area contributed by atoms with Crippen LogP contribution in [-0.4, -0.2) is 57.4 Å². The molecule has 17 heteroatoms. The summed E-state index contributed by atoms with van der Waals surface area (Å²) >= 11 is 2.46. The van der Waals surface area contributed by atoms with Crippen molar-refractivity contribution in [2.24, 2.45) is 11.3 Å². The summed E-state index contributed by atoms with van der Waals surface area (Å²) in [6.07, 6.45) is 3.95. The standard InChI is InChI=1S/C41H51N7O7S3/c1-9-11-12-26(10-2)24-55-34(49)25-56-33-22-21-31(23-32(33)48(51)52)58(53,54)46-29-15-13-27(14-16-29)37-43-38-35(36(40(3,4)5)44-47(38)45-37)57-30-19-17-28(18-20-30)42-39(50)41(6,7)8/h13-23,26,44,46H,9-12,24-25H2,1-8H3,(H,42,50). The molecule has 5 rings (SSSR count). The number of nitro benzene ring substituents is 1. The van der Waals surface area contributed by atoms with Gasteiger partial charge in [-0.3, -0.25) is 29.5 Å². The van der Waals surface area contributed by atoms with Crippen LogP contribution in [0, 0.1) is 21.4 Å². The summed E-state index contributed by atoms with van der Waals surface area (Å²) in [5.41, 5.74) is 1.93. The molecule has 0 bridgehead atoms. The van der Waals surface area contributed by atoms with Gasteiger partial charge in [-0.2, -0.15) is 4.63 Å². The molecule has 0 aliphatic rings. The fourth-order valence-corrected chi connectivity index (χ4v) is 8.76. The van der Waals surface area contributed by atoms with Crippen LogP contribution >= 0.6 is 23.5 Å². The lowest BCUT2D eigenvalue weighted by Crippen LogP contribution is -2.27. The maximum atomic E-state index is 13.4. The molecule has 14 nitrogen and oxygen atoms in total. The Morgan fingerprint density at radius 1 is 0.983 bits per heavy atom. The highest BCUT2D eigenvalue weighted by atomic mass is 32.2. The number of benzene rings is 3. The number of thioether (sulfide) groups is 1. The second kappa shape index (κ2) is 18.4. The van der Waals surface area contributed by atoms with E-state index in [1.54, 1.807) is 28.9 Å². The topological polar surface area (TPSA) is 191 Å². The van der Waals surface area contributed by atoms with Crippen molar-refractivity contribution >= 4 is 68.1 Å². The maximum Gasteiger partial charge on any atom is 0.316 e. The molecule has 0 spiro atoms. The number of hydrogen-bond acceptors (Lipinski definition) is 11. The lowest BCUT2D eigenvalue weighted by molar-refractivity contribution is -0.388. The highest BCUT2D eigenvalue weighted by Crippen LogP contribution is 2.40. The van der Waals surface area contributed by atoms with Gasteiger partial charge in [0.1, 0.15) is 0 Å². The highest BCUT2D eigenvalue weighted by molar-refractivity contribution is 8.00. The first-order chi connectivity index (χ1) is 27.3. The first-order valence-corrected chi connectivity index (χ1v) is 22.4. The molecule has 0 radical (unpaired) electrons. The smallest absolute Gasteiger partial charge is 0.316 e. The van der Waals surface area contributed by atoms with Gasteiger partial charge in [-0.1, -0.05) is 86.4 Å². The van der Waals surface area contributed by atoms with Crippen LogP contribution in [0.3, 0.4) is 0 Å². The average Bonchev–Trinajstić information content (AvgIpc) is 3.74. The number of sulfonamides is 1. The van der Waals surface area contributed by atoms with Crippen LogP contribution in [0.4, 0.5) is 17.1 Å². The number of unbranched alkanes of at least 4 members (excludes halogenated alkanes) is 1. The van der Waals surface area contributed by atoms with Crippen LogP contribution in [0.1, 0.15) is 86.8 Å². The summed E-state index contributed by atoms with van der Waals surface area (Å²) in [5, 5.41) is 23.0. The Morgan fingerprint density at radius 2 is 1.66 bits per heavy atom. The van der Waals surface area contributed by atoms with Gasteiger partial charge >= 0.3 is 5.97 Å². The molecule has 1 amide bonds. The van der Waals surface area contributed by atoms with E-state index in [0.717, 1.165) is 59.0 Å². The van der Waals surface area contributed by atoms with Gasteiger partial charge < -0.3 is 10.1 Å². The molecule has 1 atom stereocenters. The number of nitrogens with zero attached hydrogens (tertiary/aromatic N) is 4. The van der Waals surface area contributed by atoms with Crippen molar-refractivity contribution in [3.8, 4) is 11.4 Å². The number of aromatic nitrogens is 4. The monoisotopic (exact) mass is 849 g/mol. The number of rotatable bonds is 17. The van der Waals surface area contributed by atoms with Crippen molar-refractivity contribution in [1.29, 1.82) is 0 Å². The summed E-state index contributed by atoms with van der Waals surface area (Å²) in [5.74, 6) is -0.0224. The molecule has 58 heavy (non-hydrogen) atoms. The third kappa shape index (κ3) is 11.2. The first kappa shape index (κ1) is 44.2. The Morgan fingerprint density at radius 3 is 2.26 bits per heavy atom. The number of ether oxygens (including phenoxy) is 1. The van der Waals surface area contributed by atoms with E-state index in [1.807, 2.05) is 52.0 Å². The van der Waals surface area contributed by atoms with Gasteiger partial charge in [-0.15, -0.1) is 16.9 Å². The zero-order chi connectivity index (χ0) is 42.4. The lowest BCUT2D eigenvalue weighted by Gasteiger charge is -2.18. The molecule has 3 aromatic carbocycles. The van der Waals surface area contributed by atoms with Crippen molar-refractivity contribution in [3.05, 3.63) is 82.5 Å². The first-order valence-electron chi connectivity index (χ1n) is 19.1. The molecule has 2 aromatic heterocycles. The minimum atomic E-state index is -4.22. The molecule has 0 aliphatic carbocycles. The minimum Gasteiger partial charge on any atom is -0.465 e. The molecule has 0 fully saturated rings. The van der Waals surface area contributed by atoms with Gasteiger partial charge in [0.2, 0.25) is 5.91 Å². The van der Waals surface area contributed by atoms with Crippen LogP contribution in [0.5, 0.6) is 0 Å². The zero-order valence-electron chi connectivity index (χ0n) is 34.0. The molecular formula is C41H51N7O7S3. The van der Waals surface area contributed by atoms with Crippen molar-refractivity contribution in [2.75, 3.05) is 22.4 Å². The van der Waals surface area contributed by atoms with E-state index in [4.69, 9.17) is 9.72 Å². The van der Waals surface area contributed by atoms with E-state index in [2.05, 4.69) is 47.9 Å². The molecular weight excluding hydrogens is 799 g/mol. The zero-order valence-corrected chi connectivity index (χ0v) is 36.5. The van der Waals surface area contributed by atoms with Gasteiger partial charge in [0.15, 0.2) is 11.5 Å². The van der Waals surface area contributed by atoms with Gasteiger partial charge in [-0.05, 0) is 73.0 Å². The van der Waals surface area contributed by atoms with Crippen molar-refractivity contribution < 1.29 is 27.7 Å². The number of carbonyl (C=O) groups is 2. The summed E-state index contributed by atoms with van der Waals surface area (Å²) in [4.78, 5) is 42.7. The van der Waals surface area contributed by atoms with Gasteiger partial charge in [0, 0.05) is 38.7 Å². The molecule has 2 heterocycles. The predicted octanol–water partition coefficient (Wildman–Crippen LogP) is 9.72. The number of anilines is 2. The molecule has 310 valence electrons. The number of aromatic amines is 1. The largest absolute Gasteiger partial charge is 0.465 e. The fourth-order valence-electron chi connectivity index (χ4n) is 5.69. The Kier molecular flexibility index (Phi) is 14.0. The van der Waals surface area contributed by atoms with Gasteiger partial charge in [0.05, 0.1) is 37.7 Å². The second-order valence-corrected chi connectivity index (χ2v) is 19.8. The average molecular weight is 850 g/mol. The number of nitro groups is 1. The molecule has 3 N–H and O–H groups in total. The quantitative estimate of drug-likeness (QED) is 0.0349. The molecule has 1 unspecified atom stereocenters.